The van der Waals surface area contributed by atoms with Crippen LogP contribution in [0.3, 0.4) is 0 Å². The summed E-state index contributed by atoms with van der Waals surface area (Å²) in [5.74, 6) is 2.31. The van der Waals surface area contributed by atoms with E-state index in [1.54, 1.807) is 11.1 Å². The molecule has 3 heterocycles. The number of anilines is 3. The lowest BCUT2D eigenvalue weighted by molar-refractivity contribution is -0.153. The number of nitrogens with one attached hydrogen (secondary N) is 1. The van der Waals surface area contributed by atoms with Gasteiger partial charge in [-0.3, -0.25) is 14.5 Å². The Kier molecular flexibility index (Phi) is 10.8. The number of ether oxygens (including phenoxy) is 2. The van der Waals surface area contributed by atoms with Gasteiger partial charge in [0, 0.05) is 68.1 Å². The van der Waals surface area contributed by atoms with Gasteiger partial charge < -0.3 is 24.6 Å². The van der Waals surface area contributed by atoms with Gasteiger partial charge in [-0.1, -0.05) is 6.07 Å². The molecule has 1 aromatic carbocycles. The van der Waals surface area contributed by atoms with Crippen molar-refractivity contribution in [3.05, 3.63) is 36.0 Å². The minimum absolute atomic E-state index is 0.0204. The number of hydrogen-bond donors (Lipinski definition) is 1. The number of likely N-dealkylation sites (tertiary alicyclic amines) is 1. The lowest BCUT2D eigenvalue weighted by Gasteiger charge is -2.36. The van der Waals surface area contributed by atoms with E-state index in [9.17, 15) is 18.0 Å². The van der Waals surface area contributed by atoms with Crippen molar-refractivity contribution in [2.45, 2.75) is 63.5 Å². The number of carbonyl (C=O) groups excluding carboxylic acids is 2. The second kappa shape index (κ2) is 14.8. The number of carbonyl (C=O) groups is 2. The van der Waals surface area contributed by atoms with Gasteiger partial charge in [-0.05, 0) is 70.8 Å². The first-order chi connectivity index (χ1) is 21.6. The van der Waals surface area contributed by atoms with Crippen LogP contribution in [0.2, 0.25) is 0 Å². The van der Waals surface area contributed by atoms with Crippen LogP contribution in [0.1, 0.15) is 50.5 Å². The lowest BCUT2D eigenvalue weighted by Crippen LogP contribution is -2.45. The van der Waals surface area contributed by atoms with Crippen molar-refractivity contribution in [3.8, 4) is 5.75 Å². The monoisotopic (exact) mass is 642 g/mol. The average molecular weight is 643 g/mol. The van der Waals surface area contributed by atoms with Gasteiger partial charge in [0.2, 0.25) is 11.9 Å². The number of hydrogen-bond acceptors (Lipinski definition) is 11. The quantitative estimate of drug-likeness (QED) is 0.271. The molecule has 2 aliphatic heterocycles. The largest absolute Gasteiger partial charge is 0.493 e. The zero-order chi connectivity index (χ0) is 32.0. The zero-order valence-corrected chi connectivity index (χ0v) is 27.4. The molecule has 1 saturated heterocycles. The molecular weight excluding hydrogens is 596 g/mol. The van der Waals surface area contributed by atoms with Crippen LogP contribution in [0, 0.1) is 5.92 Å². The van der Waals surface area contributed by atoms with E-state index in [2.05, 4.69) is 21.3 Å². The van der Waals surface area contributed by atoms with Gasteiger partial charge in [0.15, 0.2) is 0 Å². The highest BCUT2D eigenvalue weighted by Gasteiger charge is 2.33. The maximum atomic E-state index is 13.2. The van der Waals surface area contributed by atoms with Gasteiger partial charge in [-0.2, -0.15) is 4.98 Å². The number of piperidine rings is 1. The van der Waals surface area contributed by atoms with Crippen molar-refractivity contribution in [2.75, 3.05) is 69.1 Å². The fourth-order valence-electron chi connectivity index (χ4n) is 6.45. The van der Waals surface area contributed by atoms with Crippen LogP contribution in [0.15, 0.2) is 30.5 Å². The Morgan fingerprint density at radius 2 is 1.80 bits per heavy atom. The van der Waals surface area contributed by atoms with E-state index in [0.29, 0.717) is 44.9 Å². The van der Waals surface area contributed by atoms with Gasteiger partial charge in [0.1, 0.15) is 27.5 Å². The SMILES string of the molecule is CN(C)CC(=O)OC1CCN(C(=O)[C@H]2CC[C@H](Nc3nccc(N4CCc5c(OCCCS(C)(=O)=O)cccc54)n3)CC2)CC1. The number of amides is 1. The Bertz CT molecular complexity index is 1440. The smallest absolute Gasteiger partial charge is 0.320 e. The number of fused-ring (bicyclic) bond motifs is 1. The standard InChI is InChI=1S/C32H46N6O6S/c1-36(2)22-30(39)44-25-13-17-37(18-14-25)31(40)23-8-10-24(11-9-23)34-32-33-16-12-29(35-32)38-19-15-26-27(38)6-4-7-28(26)43-20-5-21-45(3,41)42/h4,6-7,12,16,23-25H,5,8-11,13-15,17-22H2,1-3H3,(H,33,34,35)/t23-,24-. The van der Waals surface area contributed by atoms with Gasteiger partial charge >= 0.3 is 5.97 Å². The van der Waals surface area contributed by atoms with Crippen molar-refractivity contribution in [3.63, 3.8) is 0 Å². The lowest BCUT2D eigenvalue weighted by atomic mass is 9.85. The molecule has 3 aliphatic rings. The molecular formula is C32H46N6O6S. The predicted octanol–water partition coefficient (Wildman–Crippen LogP) is 3.05. The number of benzene rings is 1. The summed E-state index contributed by atoms with van der Waals surface area (Å²) in [7, 11) is 0.674. The molecule has 1 amide bonds. The molecule has 12 nitrogen and oxygen atoms in total. The fourth-order valence-corrected chi connectivity index (χ4v) is 7.09. The molecule has 0 atom stereocenters. The Hall–Kier alpha value is -3.45. The minimum atomic E-state index is -3.01. The van der Waals surface area contributed by atoms with E-state index < -0.39 is 9.84 Å². The summed E-state index contributed by atoms with van der Waals surface area (Å²) in [6, 6.07) is 8.04. The van der Waals surface area contributed by atoms with Crippen LogP contribution in [0.25, 0.3) is 0 Å². The second-order valence-electron chi connectivity index (χ2n) is 12.7. The number of sulfone groups is 1. The highest BCUT2D eigenvalue weighted by atomic mass is 32.2. The summed E-state index contributed by atoms with van der Waals surface area (Å²) in [5, 5.41) is 3.50. The van der Waals surface area contributed by atoms with Crippen LogP contribution < -0.4 is 15.0 Å². The molecule has 1 aromatic heterocycles. The third-order valence-electron chi connectivity index (χ3n) is 8.73. The Labute approximate surface area is 266 Å². The van der Waals surface area contributed by atoms with E-state index in [1.165, 1.54) is 6.26 Å². The van der Waals surface area contributed by atoms with Crippen LogP contribution in [-0.2, 0) is 30.6 Å². The van der Waals surface area contributed by atoms with Crippen LogP contribution in [-0.4, -0.2) is 111 Å². The molecule has 0 unspecified atom stereocenters. The summed E-state index contributed by atoms with van der Waals surface area (Å²) in [6.45, 7) is 2.65. The molecule has 1 aliphatic carbocycles. The van der Waals surface area contributed by atoms with E-state index in [-0.39, 0.29) is 42.2 Å². The van der Waals surface area contributed by atoms with Gasteiger partial charge in [-0.15, -0.1) is 0 Å². The van der Waals surface area contributed by atoms with Gasteiger partial charge in [-0.25, -0.2) is 13.4 Å². The Morgan fingerprint density at radius 3 is 2.51 bits per heavy atom. The molecule has 45 heavy (non-hydrogen) atoms. The van der Waals surface area contributed by atoms with Gasteiger partial charge in [0.25, 0.3) is 0 Å². The topological polar surface area (TPSA) is 134 Å². The molecule has 0 bridgehead atoms. The number of likely N-dealkylation sites (N-methyl/N-ethyl adjacent to an activating group) is 1. The average Bonchev–Trinajstić information content (AvgIpc) is 3.44. The molecule has 1 saturated carbocycles. The number of rotatable bonds is 12. The fraction of sp³-hybridized carbons (Fsp3) is 0.625. The first-order valence-corrected chi connectivity index (χ1v) is 18.0. The highest BCUT2D eigenvalue weighted by molar-refractivity contribution is 7.90. The third kappa shape index (κ3) is 9.06. The van der Waals surface area contributed by atoms with E-state index >= 15 is 0 Å². The van der Waals surface area contributed by atoms with Crippen molar-refractivity contribution >= 4 is 39.2 Å². The molecule has 1 N–H and O–H groups in total. The molecule has 5 rings (SSSR count). The van der Waals surface area contributed by atoms with Crippen LogP contribution in [0.5, 0.6) is 5.75 Å². The Balaban J connectivity index is 1.09. The minimum Gasteiger partial charge on any atom is -0.493 e. The highest BCUT2D eigenvalue weighted by Crippen LogP contribution is 2.39. The number of esters is 1. The molecule has 2 fully saturated rings. The van der Waals surface area contributed by atoms with E-state index in [0.717, 1.165) is 61.5 Å². The van der Waals surface area contributed by atoms with Crippen molar-refractivity contribution in [1.82, 2.24) is 19.8 Å². The summed E-state index contributed by atoms with van der Waals surface area (Å²) in [5.41, 5.74) is 2.14. The first kappa shape index (κ1) is 32.9. The summed E-state index contributed by atoms with van der Waals surface area (Å²) < 4.78 is 34.4. The van der Waals surface area contributed by atoms with Gasteiger partial charge in [0.05, 0.1) is 18.9 Å². The second-order valence-corrected chi connectivity index (χ2v) is 14.9. The van der Waals surface area contributed by atoms with E-state index in [4.69, 9.17) is 14.5 Å². The van der Waals surface area contributed by atoms with Crippen LogP contribution in [0.4, 0.5) is 17.5 Å². The number of aromatic nitrogens is 2. The molecule has 2 aromatic rings. The summed E-state index contributed by atoms with van der Waals surface area (Å²) in [6.07, 6.45) is 8.92. The van der Waals surface area contributed by atoms with Crippen LogP contribution >= 0.6 is 0 Å². The zero-order valence-electron chi connectivity index (χ0n) is 26.6. The van der Waals surface area contributed by atoms with Crippen molar-refractivity contribution in [1.29, 1.82) is 0 Å². The molecule has 246 valence electrons. The van der Waals surface area contributed by atoms with E-state index in [1.807, 2.05) is 37.2 Å². The molecule has 13 heteroatoms. The van der Waals surface area contributed by atoms with Crippen molar-refractivity contribution in [2.24, 2.45) is 5.92 Å². The normalized spacial score (nSPS) is 20.6. The molecule has 0 spiro atoms. The third-order valence-corrected chi connectivity index (χ3v) is 9.76. The Morgan fingerprint density at radius 1 is 1.04 bits per heavy atom. The maximum Gasteiger partial charge on any atom is 0.320 e. The maximum absolute atomic E-state index is 13.2. The first-order valence-electron chi connectivity index (χ1n) is 16.0. The summed E-state index contributed by atoms with van der Waals surface area (Å²) >= 11 is 0. The van der Waals surface area contributed by atoms with Crippen molar-refractivity contribution < 1.29 is 27.5 Å². The summed E-state index contributed by atoms with van der Waals surface area (Å²) in [4.78, 5) is 40.4. The predicted molar refractivity (Wildman–Crippen MR) is 173 cm³/mol. The molecule has 0 radical (unpaired) electrons. The number of nitrogens with zero attached hydrogens (tertiary/aromatic N) is 5.